The Morgan fingerprint density at radius 1 is 1.11 bits per heavy atom. The monoisotopic (exact) mass is 505 g/mol. The molecule has 11 heteroatoms. The normalized spacial score (nSPS) is 16.4. The molecule has 36 heavy (non-hydrogen) atoms. The molecule has 0 aliphatic carbocycles. The van der Waals surface area contributed by atoms with Gasteiger partial charge in [-0.25, -0.2) is 4.98 Å². The number of anilines is 3. The molecule has 10 nitrogen and oxygen atoms in total. The number of ether oxygens (including phenoxy) is 1. The summed E-state index contributed by atoms with van der Waals surface area (Å²) < 4.78 is 7.07. The Hall–Kier alpha value is -3.67. The van der Waals surface area contributed by atoms with Gasteiger partial charge in [0.05, 0.1) is 30.8 Å². The van der Waals surface area contributed by atoms with Crippen molar-refractivity contribution in [1.82, 2.24) is 19.9 Å². The average Bonchev–Trinajstić information content (AvgIpc) is 3.55. The van der Waals surface area contributed by atoms with E-state index in [0.717, 1.165) is 61.4 Å². The molecule has 2 saturated heterocycles. The highest BCUT2D eigenvalue weighted by Gasteiger charge is 2.20. The van der Waals surface area contributed by atoms with Crippen molar-refractivity contribution in [3.05, 3.63) is 53.2 Å². The fraction of sp³-hybridized carbons (Fsp3) is 0.320. The lowest BCUT2D eigenvalue weighted by Gasteiger charge is -2.30. The summed E-state index contributed by atoms with van der Waals surface area (Å²) in [6, 6.07) is 7.97. The van der Waals surface area contributed by atoms with Gasteiger partial charge >= 0.3 is 0 Å². The molecule has 0 spiro atoms. The van der Waals surface area contributed by atoms with Gasteiger partial charge < -0.3 is 30.3 Å². The molecular formula is C25H27N7O3S. The third-order valence-electron chi connectivity index (χ3n) is 6.59. The number of rotatable bonds is 5. The number of morpholine rings is 1. The maximum atomic E-state index is 13.1. The van der Waals surface area contributed by atoms with Gasteiger partial charge in [0.25, 0.3) is 5.91 Å². The number of fused-ring (bicyclic) bond motifs is 1. The summed E-state index contributed by atoms with van der Waals surface area (Å²) in [5, 5.41) is 21.0. The number of carbonyl (C=O) groups is 1. The van der Waals surface area contributed by atoms with E-state index in [1.54, 1.807) is 22.3 Å². The molecule has 5 heterocycles. The van der Waals surface area contributed by atoms with Gasteiger partial charge in [-0.1, -0.05) is 6.07 Å². The molecule has 2 aliphatic heterocycles. The number of piperazine rings is 1. The number of hydrogen-bond acceptors (Lipinski definition) is 9. The first-order valence-electron chi connectivity index (χ1n) is 12.0. The van der Waals surface area contributed by atoms with Crippen molar-refractivity contribution in [2.45, 2.75) is 0 Å². The number of pyridine rings is 1. The fourth-order valence-corrected chi connectivity index (χ4v) is 5.38. The molecule has 3 N–H and O–H groups in total. The van der Waals surface area contributed by atoms with Crippen LogP contribution in [0.2, 0.25) is 0 Å². The Labute approximate surface area is 212 Å². The first-order valence-corrected chi connectivity index (χ1v) is 12.9. The minimum atomic E-state index is -0.304. The van der Waals surface area contributed by atoms with E-state index in [4.69, 9.17) is 4.74 Å². The second kappa shape index (κ2) is 9.76. The van der Waals surface area contributed by atoms with Crippen molar-refractivity contribution >= 4 is 45.1 Å². The first kappa shape index (κ1) is 22.8. The average molecular weight is 506 g/mol. The molecule has 2 fully saturated rings. The van der Waals surface area contributed by atoms with E-state index < -0.39 is 0 Å². The maximum Gasteiger partial charge on any atom is 0.284 e. The number of carbonyl (C=O) groups excluding carboxylic acids is 1. The van der Waals surface area contributed by atoms with Gasteiger partial charge in [-0.05, 0) is 18.2 Å². The number of hydrogen-bond donors (Lipinski definition) is 3. The third kappa shape index (κ3) is 4.36. The van der Waals surface area contributed by atoms with Crippen LogP contribution in [0.3, 0.4) is 0 Å². The summed E-state index contributed by atoms with van der Waals surface area (Å²) in [6.45, 7) is 6.57. The van der Waals surface area contributed by atoms with Crippen LogP contribution in [-0.4, -0.2) is 78.0 Å². The zero-order valence-corrected chi connectivity index (χ0v) is 20.5. The van der Waals surface area contributed by atoms with Crippen molar-refractivity contribution in [3.8, 4) is 11.7 Å². The molecule has 4 aromatic rings. The largest absolute Gasteiger partial charge is 0.494 e. The third-order valence-corrected chi connectivity index (χ3v) is 7.42. The predicted molar refractivity (Wildman–Crippen MR) is 141 cm³/mol. The SMILES string of the molecule is O=C(Nc1cnccc1N1CCNCC1)c1nc(-n2cc3ccc(N4CCOCC4)cc3c2O)cs1. The van der Waals surface area contributed by atoms with Crippen molar-refractivity contribution in [2.24, 2.45) is 0 Å². The van der Waals surface area contributed by atoms with Crippen LogP contribution in [0.15, 0.2) is 48.2 Å². The summed E-state index contributed by atoms with van der Waals surface area (Å²) in [7, 11) is 0. The Bertz CT molecular complexity index is 1390. The number of nitrogens with zero attached hydrogens (tertiary/aromatic N) is 5. The van der Waals surface area contributed by atoms with Gasteiger partial charge in [0.1, 0.15) is 0 Å². The Kier molecular flexibility index (Phi) is 6.18. The van der Waals surface area contributed by atoms with Crippen LogP contribution >= 0.6 is 11.3 Å². The minimum absolute atomic E-state index is 0.102. The Balaban J connectivity index is 1.23. The topological polar surface area (TPSA) is 108 Å². The highest BCUT2D eigenvalue weighted by atomic mass is 32.1. The Morgan fingerprint density at radius 3 is 2.78 bits per heavy atom. The lowest BCUT2D eigenvalue weighted by molar-refractivity contribution is 0.102. The Morgan fingerprint density at radius 2 is 1.94 bits per heavy atom. The number of benzene rings is 1. The summed E-state index contributed by atoms with van der Waals surface area (Å²) in [4.78, 5) is 26.3. The molecule has 0 atom stereocenters. The molecule has 0 unspecified atom stereocenters. The predicted octanol–water partition coefficient (Wildman–Crippen LogP) is 2.69. The van der Waals surface area contributed by atoms with Crippen molar-refractivity contribution in [1.29, 1.82) is 0 Å². The molecule has 1 amide bonds. The summed E-state index contributed by atoms with van der Waals surface area (Å²) in [6.07, 6.45) is 5.24. The zero-order valence-electron chi connectivity index (χ0n) is 19.7. The van der Waals surface area contributed by atoms with Gasteiger partial charge in [0.15, 0.2) is 10.8 Å². The van der Waals surface area contributed by atoms with Gasteiger partial charge in [0, 0.05) is 73.5 Å². The summed E-state index contributed by atoms with van der Waals surface area (Å²) >= 11 is 1.24. The number of nitrogens with one attached hydrogen (secondary N) is 2. The van der Waals surface area contributed by atoms with E-state index >= 15 is 0 Å². The molecule has 0 saturated carbocycles. The molecular weight excluding hydrogens is 478 g/mol. The number of amides is 1. The van der Waals surface area contributed by atoms with E-state index in [9.17, 15) is 9.90 Å². The van der Waals surface area contributed by atoms with Crippen molar-refractivity contribution in [3.63, 3.8) is 0 Å². The fourth-order valence-electron chi connectivity index (χ4n) is 4.69. The van der Waals surface area contributed by atoms with Crippen molar-refractivity contribution in [2.75, 3.05) is 67.6 Å². The number of thiazole rings is 1. The van der Waals surface area contributed by atoms with Gasteiger partial charge in [-0.3, -0.25) is 14.3 Å². The molecule has 2 aliphatic rings. The first-order chi connectivity index (χ1) is 17.7. The van der Waals surface area contributed by atoms with Crippen molar-refractivity contribution < 1.29 is 14.6 Å². The van der Waals surface area contributed by atoms with Crippen LogP contribution in [0.5, 0.6) is 5.88 Å². The quantitative estimate of drug-likeness (QED) is 0.380. The lowest BCUT2D eigenvalue weighted by atomic mass is 10.2. The smallest absolute Gasteiger partial charge is 0.284 e. The lowest BCUT2D eigenvalue weighted by Crippen LogP contribution is -2.43. The molecule has 0 bridgehead atoms. The van der Waals surface area contributed by atoms with Crippen LogP contribution in [0.1, 0.15) is 9.80 Å². The molecule has 0 radical (unpaired) electrons. The van der Waals surface area contributed by atoms with Gasteiger partial charge in [-0.2, -0.15) is 0 Å². The molecule has 186 valence electrons. The zero-order chi connectivity index (χ0) is 24.5. The summed E-state index contributed by atoms with van der Waals surface area (Å²) in [5.74, 6) is 0.298. The maximum absolute atomic E-state index is 13.1. The molecule has 6 rings (SSSR count). The van der Waals surface area contributed by atoms with E-state index in [1.165, 1.54) is 11.3 Å². The second-order valence-corrected chi connectivity index (χ2v) is 9.65. The number of aromatic nitrogens is 3. The number of aromatic hydroxyl groups is 1. The van der Waals surface area contributed by atoms with Crippen LogP contribution in [-0.2, 0) is 4.74 Å². The van der Waals surface area contributed by atoms with Crippen LogP contribution in [0.25, 0.3) is 16.6 Å². The van der Waals surface area contributed by atoms with E-state index in [1.807, 2.05) is 24.4 Å². The van der Waals surface area contributed by atoms with Crippen LogP contribution in [0, 0.1) is 0 Å². The van der Waals surface area contributed by atoms with Gasteiger partial charge in [-0.15, -0.1) is 11.3 Å². The molecule has 3 aromatic heterocycles. The minimum Gasteiger partial charge on any atom is -0.494 e. The second-order valence-electron chi connectivity index (χ2n) is 8.79. The van der Waals surface area contributed by atoms with Gasteiger partial charge in [0.2, 0.25) is 5.88 Å². The van der Waals surface area contributed by atoms with E-state index in [0.29, 0.717) is 29.7 Å². The summed E-state index contributed by atoms with van der Waals surface area (Å²) in [5.41, 5.74) is 2.65. The van der Waals surface area contributed by atoms with Crippen LogP contribution < -0.4 is 20.4 Å². The highest BCUT2D eigenvalue weighted by Crippen LogP contribution is 2.34. The van der Waals surface area contributed by atoms with E-state index in [2.05, 4.69) is 36.5 Å². The van der Waals surface area contributed by atoms with Crippen LogP contribution in [0.4, 0.5) is 17.1 Å². The molecule has 1 aromatic carbocycles. The highest BCUT2D eigenvalue weighted by molar-refractivity contribution is 7.12. The van der Waals surface area contributed by atoms with E-state index in [-0.39, 0.29) is 11.8 Å². The standard InChI is InChI=1S/C25H27N7O3S/c33-23(28-20-14-27-4-3-21(20)31-7-5-26-6-8-31)24-29-22(16-36-24)32-15-17-1-2-18(13-19(17)25(32)34)30-9-11-35-12-10-30/h1-4,13-16,26,34H,5-12H2,(H,28,33).